The van der Waals surface area contributed by atoms with Crippen molar-refractivity contribution in [2.24, 2.45) is 0 Å². The van der Waals surface area contributed by atoms with Crippen molar-refractivity contribution in [2.75, 3.05) is 115 Å². The summed E-state index contributed by atoms with van der Waals surface area (Å²) in [6.07, 6.45) is 15.5. The molecule has 0 spiro atoms. The number of ether oxygens (including phenoxy) is 3. The summed E-state index contributed by atoms with van der Waals surface area (Å²) in [5.74, 6) is 0. The number of rotatable bonds is 36. The van der Waals surface area contributed by atoms with Gasteiger partial charge in [-0.05, 0) is 127 Å². The molecule has 0 atom stereocenters. The molecular weight excluding hydrogens is 972 g/mol. The minimum Gasteiger partial charge on any atom is -0.380 e. The van der Waals surface area contributed by atoms with Gasteiger partial charge in [-0.2, -0.15) is 0 Å². The van der Waals surface area contributed by atoms with E-state index < -0.39 is 18.1 Å². The maximum atomic E-state index is 6.56. The SMILES string of the molecule is S=P(CCOCCN(CCOCCP(=S)(CCc1ccccc1)CCc1ccccc1)CCOCCP(=S)(CCc1ccccc1)CCc1ccccc1)(CCc1ccccc1)CCc1ccccc1. The van der Waals surface area contributed by atoms with Crippen molar-refractivity contribution in [3.63, 3.8) is 0 Å². The van der Waals surface area contributed by atoms with Crippen LogP contribution in [-0.4, -0.2) is 120 Å². The lowest BCUT2D eigenvalue weighted by Gasteiger charge is -2.25. The van der Waals surface area contributed by atoms with E-state index in [1.54, 1.807) is 0 Å². The van der Waals surface area contributed by atoms with Gasteiger partial charge in [0.15, 0.2) is 0 Å². The molecule has 6 aromatic rings. The summed E-state index contributed by atoms with van der Waals surface area (Å²) in [4.78, 5) is 2.46. The first-order valence-electron chi connectivity index (χ1n) is 25.7. The van der Waals surface area contributed by atoms with Crippen molar-refractivity contribution in [3.8, 4) is 0 Å². The molecule has 0 aliphatic heterocycles. The third kappa shape index (κ3) is 22.9. The number of nitrogens with zero attached hydrogens (tertiary/aromatic N) is 1. The summed E-state index contributed by atoms with van der Waals surface area (Å²) in [7, 11) is 0. The molecule has 10 heteroatoms. The molecule has 6 aromatic carbocycles. The molecule has 0 aliphatic carbocycles. The highest BCUT2D eigenvalue weighted by Gasteiger charge is 2.21. The second-order valence-electron chi connectivity index (χ2n) is 18.8. The minimum atomic E-state index is -1.64. The monoisotopic (exact) mass is 1050 g/mol. The van der Waals surface area contributed by atoms with Gasteiger partial charge in [-0.1, -0.05) is 217 Å². The Kier molecular flexibility index (Phi) is 26.0. The Labute approximate surface area is 438 Å². The van der Waals surface area contributed by atoms with Gasteiger partial charge in [0, 0.05) is 38.1 Å². The van der Waals surface area contributed by atoms with Gasteiger partial charge in [0.1, 0.15) is 0 Å². The summed E-state index contributed by atoms with van der Waals surface area (Å²) >= 11 is 19.7. The molecule has 374 valence electrons. The lowest BCUT2D eigenvalue weighted by Crippen LogP contribution is -2.34. The first-order chi connectivity index (χ1) is 34.3. The summed E-state index contributed by atoms with van der Waals surface area (Å²) in [5.41, 5.74) is 8.23. The highest BCUT2D eigenvalue weighted by atomic mass is 32.4. The molecule has 4 nitrogen and oxygen atoms in total. The van der Waals surface area contributed by atoms with E-state index in [1.165, 1.54) is 33.4 Å². The predicted molar refractivity (Wildman–Crippen MR) is 316 cm³/mol. The average molecular weight is 1050 g/mol. The van der Waals surface area contributed by atoms with Gasteiger partial charge in [0.05, 0.1) is 39.6 Å². The maximum absolute atomic E-state index is 6.56. The fraction of sp³-hybridized carbons (Fsp3) is 0.400. The zero-order valence-corrected chi connectivity index (χ0v) is 46.7. The summed E-state index contributed by atoms with van der Waals surface area (Å²) in [5, 5.41) is 0. The van der Waals surface area contributed by atoms with Crippen LogP contribution in [-0.2, 0) is 88.2 Å². The van der Waals surface area contributed by atoms with Crippen LogP contribution in [0.25, 0.3) is 0 Å². The van der Waals surface area contributed by atoms with Gasteiger partial charge >= 0.3 is 0 Å². The molecule has 0 bridgehead atoms. The Morgan fingerprint density at radius 3 is 0.629 bits per heavy atom. The van der Waals surface area contributed by atoms with E-state index in [1.807, 2.05) is 0 Å². The van der Waals surface area contributed by atoms with Crippen LogP contribution in [0.4, 0.5) is 0 Å². The molecule has 0 aliphatic rings. The Morgan fingerprint density at radius 1 is 0.257 bits per heavy atom. The van der Waals surface area contributed by atoms with Crippen molar-refractivity contribution in [1.29, 1.82) is 0 Å². The third-order valence-corrected chi connectivity index (χ3v) is 27.6. The summed E-state index contributed by atoms with van der Waals surface area (Å²) < 4.78 is 19.4. The van der Waals surface area contributed by atoms with Crippen LogP contribution in [0.15, 0.2) is 182 Å². The predicted octanol–water partition coefficient (Wildman–Crippen LogP) is 13.2. The second-order valence-corrected chi connectivity index (χ2v) is 36.1. The standard InChI is InChI=1S/C60H78NO3P3S3/c68-65(46-31-55-19-7-1-8-20-55,47-32-56-21-9-2-10-22-56)52-43-62-40-37-61(38-41-63-44-53-66(69,48-33-57-23-11-3-12-24-57)49-34-58-25-13-4-14-26-58)39-42-64-45-54-67(70,50-35-59-27-15-5-16-28-59)51-36-60-29-17-6-18-30-60/h1-30H,31-54H2. The van der Waals surface area contributed by atoms with Crippen LogP contribution in [0.2, 0.25) is 0 Å². The summed E-state index contributed by atoms with van der Waals surface area (Å²) in [6, 6.07) is 60.0. The van der Waals surface area contributed by atoms with Gasteiger partial charge in [-0.3, -0.25) is 4.90 Å². The molecule has 0 saturated heterocycles. The fourth-order valence-corrected chi connectivity index (χ4v) is 18.5. The maximum Gasteiger partial charge on any atom is 0.0593 e. The largest absolute Gasteiger partial charge is 0.380 e. The molecule has 0 heterocycles. The molecule has 0 aromatic heterocycles. The van der Waals surface area contributed by atoms with E-state index in [0.29, 0.717) is 39.6 Å². The number of hydrogen-bond acceptors (Lipinski definition) is 7. The van der Waals surface area contributed by atoms with E-state index in [2.05, 4.69) is 187 Å². The summed E-state index contributed by atoms with van der Waals surface area (Å²) in [6.45, 7) is 6.55. The first kappa shape index (κ1) is 56.4. The van der Waals surface area contributed by atoms with E-state index in [4.69, 9.17) is 49.6 Å². The smallest absolute Gasteiger partial charge is 0.0593 e. The Bertz CT molecular complexity index is 2020. The van der Waals surface area contributed by atoms with Crippen LogP contribution >= 0.6 is 18.1 Å². The van der Waals surface area contributed by atoms with Gasteiger partial charge < -0.3 is 14.2 Å². The molecule has 0 N–H and O–H groups in total. The van der Waals surface area contributed by atoms with Gasteiger partial charge in [0.2, 0.25) is 0 Å². The van der Waals surface area contributed by atoms with Crippen LogP contribution in [0.5, 0.6) is 0 Å². The van der Waals surface area contributed by atoms with Crippen LogP contribution in [0, 0.1) is 0 Å². The molecule has 6 rings (SSSR count). The molecule has 0 saturated carbocycles. The minimum absolute atomic E-state index is 0.659. The lowest BCUT2D eigenvalue weighted by atomic mass is 10.2. The van der Waals surface area contributed by atoms with E-state index >= 15 is 0 Å². The fourth-order valence-electron chi connectivity index (χ4n) is 8.79. The zero-order chi connectivity index (χ0) is 48.8. The van der Waals surface area contributed by atoms with Crippen molar-refractivity contribution >= 4 is 53.5 Å². The normalized spacial score (nSPS) is 12.1. The van der Waals surface area contributed by atoms with Gasteiger partial charge in [0.25, 0.3) is 0 Å². The lowest BCUT2D eigenvalue weighted by molar-refractivity contribution is 0.0616. The molecule has 0 radical (unpaired) electrons. The number of aryl methyl sites for hydroxylation is 6. The van der Waals surface area contributed by atoms with Crippen LogP contribution in [0.1, 0.15) is 33.4 Å². The number of hydrogen-bond donors (Lipinski definition) is 0. The van der Waals surface area contributed by atoms with E-state index in [0.717, 1.165) is 114 Å². The Balaban J connectivity index is 1.02. The Morgan fingerprint density at radius 2 is 0.443 bits per heavy atom. The Hall–Kier alpha value is -2.89. The van der Waals surface area contributed by atoms with Gasteiger partial charge in [-0.25, -0.2) is 0 Å². The molecule has 70 heavy (non-hydrogen) atoms. The topological polar surface area (TPSA) is 30.9 Å². The first-order valence-corrected chi connectivity index (χ1v) is 35.7. The van der Waals surface area contributed by atoms with Crippen molar-refractivity contribution in [2.45, 2.75) is 38.5 Å². The van der Waals surface area contributed by atoms with E-state index in [-0.39, 0.29) is 0 Å². The third-order valence-electron chi connectivity index (χ3n) is 13.5. The van der Waals surface area contributed by atoms with Crippen molar-refractivity contribution in [3.05, 3.63) is 215 Å². The highest BCUT2D eigenvalue weighted by Crippen LogP contribution is 2.48. The average Bonchev–Trinajstić information content (AvgIpc) is 3.41. The van der Waals surface area contributed by atoms with Crippen molar-refractivity contribution in [1.82, 2.24) is 4.90 Å². The molecule has 0 amide bonds. The quantitative estimate of drug-likeness (QED) is 0.0286. The number of benzene rings is 6. The van der Waals surface area contributed by atoms with Crippen LogP contribution in [0.3, 0.4) is 0 Å². The van der Waals surface area contributed by atoms with E-state index in [9.17, 15) is 0 Å². The second kappa shape index (κ2) is 32.3. The van der Waals surface area contributed by atoms with Crippen molar-refractivity contribution < 1.29 is 14.2 Å². The van der Waals surface area contributed by atoms with Crippen LogP contribution < -0.4 is 0 Å². The molecule has 0 fully saturated rings. The zero-order valence-electron chi connectivity index (χ0n) is 41.5. The van der Waals surface area contributed by atoms with Gasteiger partial charge in [-0.15, -0.1) is 0 Å². The molecular formula is C60H78NO3P3S3. The molecule has 0 unspecified atom stereocenters. The highest BCUT2D eigenvalue weighted by molar-refractivity contribution is 8.15.